The number of likely N-dealkylation sites (N-methyl/N-ethyl adjacent to an activating group) is 2. The third-order valence-corrected chi connectivity index (χ3v) is 3.69. The van der Waals surface area contributed by atoms with Gasteiger partial charge in [0.05, 0.1) is 0 Å². The van der Waals surface area contributed by atoms with E-state index in [2.05, 4.69) is 27.8 Å². The highest BCUT2D eigenvalue weighted by molar-refractivity contribution is 9.10. The van der Waals surface area contributed by atoms with E-state index in [1.165, 1.54) is 0 Å². The molecule has 0 fully saturated rings. The summed E-state index contributed by atoms with van der Waals surface area (Å²) in [6, 6.07) is 6.04. The Kier molecular flexibility index (Phi) is 6.01. The molecular formula is C15H23BrN2O. The number of benzene rings is 1. The topological polar surface area (TPSA) is 23.6 Å². The highest BCUT2D eigenvalue weighted by atomic mass is 79.9. The summed E-state index contributed by atoms with van der Waals surface area (Å²) in [5.41, 5.74) is 1.80. The van der Waals surface area contributed by atoms with Crippen molar-refractivity contribution in [3.8, 4) is 0 Å². The first-order chi connectivity index (χ1) is 8.86. The molecule has 0 saturated heterocycles. The molecule has 3 nitrogen and oxygen atoms in total. The fourth-order valence-electron chi connectivity index (χ4n) is 2.26. The lowest BCUT2D eigenvalue weighted by atomic mass is 10.1. The predicted molar refractivity (Wildman–Crippen MR) is 83.6 cm³/mol. The second-order valence-electron chi connectivity index (χ2n) is 5.16. The third kappa shape index (κ3) is 4.32. The molecule has 106 valence electrons. The van der Waals surface area contributed by atoms with Gasteiger partial charge in [-0.25, -0.2) is 0 Å². The van der Waals surface area contributed by atoms with E-state index in [4.69, 9.17) is 0 Å². The molecule has 0 heterocycles. The van der Waals surface area contributed by atoms with Crippen LogP contribution >= 0.6 is 15.9 Å². The minimum Gasteiger partial charge on any atom is -0.335 e. The number of hydrogen-bond donors (Lipinski definition) is 0. The molecule has 4 heteroatoms. The van der Waals surface area contributed by atoms with Crippen LogP contribution in [0.5, 0.6) is 0 Å². The van der Waals surface area contributed by atoms with E-state index in [1.807, 2.05) is 51.0 Å². The maximum absolute atomic E-state index is 12.7. The molecule has 0 N–H and O–H groups in total. The van der Waals surface area contributed by atoms with Gasteiger partial charge < -0.3 is 9.80 Å². The maximum atomic E-state index is 12.7. The van der Waals surface area contributed by atoms with Crippen molar-refractivity contribution >= 4 is 21.8 Å². The summed E-state index contributed by atoms with van der Waals surface area (Å²) in [6.07, 6.45) is 0. The second kappa shape index (κ2) is 7.06. The number of hydrogen-bond acceptors (Lipinski definition) is 2. The lowest BCUT2D eigenvalue weighted by Gasteiger charge is -2.30. The molecule has 0 bridgehead atoms. The van der Waals surface area contributed by atoms with Crippen molar-refractivity contribution in [3.05, 3.63) is 33.8 Å². The van der Waals surface area contributed by atoms with Crippen LogP contribution < -0.4 is 0 Å². The zero-order valence-corrected chi connectivity index (χ0v) is 14.0. The van der Waals surface area contributed by atoms with Crippen LogP contribution in [-0.2, 0) is 0 Å². The van der Waals surface area contributed by atoms with E-state index in [1.54, 1.807) is 0 Å². The largest absolute Gasteiger partial charge is 0.335 e. The molecule has 1 aromatic rings. The molecule has 0 aliphatic carbocycles. The Morgan fingerprint density at radius 2 is 2.00 bits per heavy atom. The molecule has 0 spiro atoms. The number of nitrogens with zero attached hydrogens (tertiary/aromatic N) is 2. The van der Waals surface area contributed by atoms with Crippen molar-refractivity contribution in [1.82, 2.24) is 9.80 Å². The molecule has 19 heavy (non-hydrogen) atoms. The Labute approximate surface area is 124 Å². The normalized spacial score (nSPS) is 12.6. The summed E-state index contributed by atoms with van der Waals surface area (Å²) in [6.45, 7) is 7.68. The SMILES string of the molecule is CCN(C(=O)c1cc(Br)ccc1C)C(C)CN(C)C. The number of carbonyl (C=O) groups excluding carboxylic acids is 1. The first-order valence-electron chi connectivity index (χ1n) is 6.58. The average Bonchev–Trinajstić information content (AvgIpc) is 2.32. The summed E-state index contributed by atoms with van der Waals surface area (Å²) in [5.74, 6) is 0.107. The average molecular weight is 327 g/mol. The van der Waals surface area contributed by atoms with Crippen molar-refractivity contribution in [2.24, 2.45) is 0 Å². The van der Waals surface area contributed by atoms with Crippen LogP contribution in [0.25, 0.3) is 0 Å². The number of carbonyl (C=O) groups is 1. The number of amides is 1. The van der Waals surface area contributed by atoms with Crippen molar-refractivity contribution < 1.29 is 4.79 Å². The van der Waals surface area contributed by atoms with Gasteiger partial charge in [0.25, 0.3) is 5.91 Å². The Bertz CT molecular complexity index is 446. The third-order valence-electron chi connectivity index (χ3n) is 3.19. The fraction of sp³-hybridized carbons (Fsp3) is 0.533. The van der Waals surface area contributed by atoms with Gasteiger partial charge in [0.2, 0.25) is 0 Å². The van der Waals surface area contributed by atoms with Crippen LogP contribution in [0.15, 0.2) is 22.7 Å². The highest BCUT2D eigenvalue weighted by Crippen LogP contribution is 2.19. The van der Waals surface area contributed by atoms with Crippen molar-refractivity contribution in [1.29, 1.82) is 0 Å². The van der Waals surface area contributed by atoms with Gasteiger partial charge in [-0.1, -0.05) is 22.0 Å². The number of aryl methyl sites for hydroxylation is 1. The van der Waals surface area contributed by atoms with Crippen molar-refractivity contribution in [3.63, 3.8) is 0 Å². The number of rotatable bonds is 5. The molecular weight excluding hydrogens is 304 g/mol. The quantitative estimate of drug-likeness (QED) is 0.829. The Morgan fingerprint density at radius 1 is 1.37 bits per heavy atom. The maximum Gasteiger partial charge on any atom is 0.254 e. The van der Waals surface area contributed by atoms with Gasteiger partial charge in [-0.2, -0.15) is 0 Å². The highest BCUT2D eigenvalue weighted by Gasteiger charge is 2.21. The minimum atomic E-state index is 0.107. The van der Waals surface area contributed by atoms with Crippen molar-refractivity contribution in [2.45, 2.75) is 26.8 Å². The van der Waals surface area contributed by atoms with Gasteiger partial charge in [-0.15, -0.1) is 0 Å². The summed E-state index contributed by atoms with van der Waals surface area (Å²) in [4.78, 5) is 16.7. The van der Waals surface area contributed by atoms with E-state index in [0.29, 0.717) is 0 Å². The van der Waals surface area contributed by atoms with Crippen molar-refractivity contribution in [2.75, 3.05) is 27.2 Å². The van der Waals surface area contributed by atoms with Gasteiger partial charge in [-0.05, 0) is 52.6 Å². The van der Waals surface area contributed by atoms with E-state index >= 15 is 0 Å². The molecule has 0 aliphatic heterocycles. The first-order valence-corrected chi connectivity index (χ1v) is 7.38. The van der Waals surface area contributed by atoms with Gasteiger partial charge >= 0.3 is 0 Å². The van der Waals surface area contributed by atoms with Gasteiger partial charge in [0.15, 0.2) is 0 Å². The van der Waals surface area contributed by atoms with E-state index < -0.39 is 0 Å². The van der Waals surface area contributed by atoms with E-state index in [-0.39, 0.29) is 11.9 Å². The van der Waals surface area contributed by atoms with Crippen LogP contribution in [0.4, 0.5) is 0 Å². The summed E-state index contributed by atoms with van der Waals surface area (Å²) < 4.78 is 0.942. The van der Waals surface area contributed by atoms with E-state index in [9.17, 15) is 4.79 Å². The van der Waals surface area contributed by atoms with Crippen LogP contribution in [0.2, 0.25) is 0 Å². The molecule has 0 aliphatic rings. The van der Waals surface area contributed by atoms with Gasteiger partial charge in [0.1, 0.15) is 0 Å². The van der Waals surface area contributed by atoms with Crippen LogP contribution in [0.3, 0.4) is 0 Å². The lowest BCUT2D eigenvalue weighted by Crippen LogP contribution is -2.43. The van der Waals surface area contributed by atoms with Gasteiger partial charge in [0, 0.05) is 29.2 Å². The Balaban J connectivity index is 2.98. The lowest BCUT2D eigenvalue weighted by molar-refractivity contribution is 0.0678. The zero-order valence-electron chi connectivity index (χ0n) is 12.4. The molecule has 1 atom stereocenters. The number of halogens is 1. The monoisotopic (exact) mass is 326 g/mol. The summed E-state index contributed by atoms with van der Waals surface area (Å²) in [7, 11) is 4.05. The summed E-state index contributed by atoms with van der Waals surface area (Å²) >= 11 is 3.43. The zero-order chi connectivity index (χ0) is 14.6. The molecule has 0 radical (unpaired) electrons. The standard InChI is InChI=1S/C15H23BrN2O/c1-6-18(12(3)10-17(4)5)15(19)14-9-13(16)8-7-11(14)2/h7-9,12H,6,10H2,1-5H3. The molecule has 1 unspecified atom stereocenters. The Hall–Kier alpha value is -0.870. The molecule has 1 aromatic carbocycles. The first kappa shape index (κ1) is 16.2. The minimum absolute atomic E-state index is 0.107. The van der Waals surface area contributed by atoms with Crippen LogP contribution in [0, 0.1) is 6.92 Å². The predicted octanol–water partition coefficient (Wildman–Crippen LogP) is 3.17. The smallest absolute Gasteiger partial charge is 0.254 e. The van der Waals surface area contributed by atoms with Gasteiger partial charge in [-0.3, -0.25) is 4.79 Å². The fourth-order valence-corrected chi connectivity index (χ4v) is 2.62. The molecule has 1 rings (SSSR count). The molecule has 0 aromatic heterocycles. The van der Waals surface area contributed by atoms with E-state index in [0.717, 1.165) is 28.7 Å². The molecule has 1 amide bonds. The van der Waals surface area contributed by atoms with Crippen LogP contribution in [-0.4, -0.2) is 48.9 Å². The Morgan fingerprint density at radius 3 is 2.53 bits per heavy atom. The second-order valence-corrected chi connectivity index (χ2v) is 6.08. The van der Waals surface area contributed by atoms with Crippen LogP contribution in [0.1, 0.15) is 29.8 Å². The molecule has 0 saturated carbocycles. The summed E-state index contributed by atoms with van der Waals surface area (Å²) in [5, 5.41) is 0.